The quantitative estimate of drug-likeness (QED) is 0.738. The first kappa shape index (κ1) is 16.8. The summed E-state index contributed by atoms with van der Waals surface area (Å²) in [6.07, 6.45) is -4.34. The molecular formula is C17H12F3N3O2S. The minimum atomic E-state index is -4.93. The number of benzene rings is 1. The van der Waals surface area contributed by atoms with Crippen molar-refractivity contribution in [3.8, 4) is 11.3 Å². The van der Waals surface area contributed by atoms with Crippen molar-refractivity contribution in [2.75, 3.05) is 5.01 Å². The van der Waals surface area contributed by atoms with Gasteiger partial charge in [0.15, 0.2) is 0 Å². The summed E-state index contributed by atoms with van der Waals surface area (Å²) in [5.74, 6) is 0.176. The Labute approximate surface area is 150 Å². The molecule has 1 N–H and O–H groups in total. The number of furan rings is 1. The minimum Gasteiger partial charge on any atom is -0.463 e. The first-order chi connectivity index (χ1) is 12.4. The third kappa shape index (κ3) is 2.69. The molecule has 0 spiro atoms. The van der Waals surface area contributed by atoms with Crippen LogP contribution in [0.4, 0.5) is 18.3 Å². The minimum absolute atomic E-state index is 0.00582. The van der Waals surface area contributed by atoms with Gasteiger partial charge in [0.05, 0.1) is 18.4 Å². The average molecular weight is 379 g/mol. The van der Waals surface area contributed by atoms with Gasteiger partial charge < -0.3 is 9.52 Å². The number of thiazole rings is 1. The van der Waals surface area contributed by atoms with Crippen molar-refractivity contribution in [1.29, 1.82) is 0 Å². The summed E-state index contributed by atoms with van der Waals surface area (Å²) in [7, 11) is 0. The van der Waals surface area contributed by atoms with Gasteiger partial charge in [-0.2, -0.15) is 23.3 Å². The lowest BCUT2D eigenvalue weighted by molar-refractivity contribution is -0.254. The molecule has 1 aromatic carbocycles. The zero-order valence-corrected chi connectivity index (χ0v) is 14.0. The zero-order chi connectivity index (χ0) is 18.4. The monoisotopic (exact) mass is 379 g/mol. The molecule has 1 atom stereocenters. The molecular weight excluding hydrogens is 367 g/mol. The molecule has 9 heteroatoms. The van der Waals surface area contributed by atoms with E-state index >= 15 is 0 Å². The van der Waals surface area contributed by atoms with Gasteiger partial charge in [-0.05, 0) is 12.1 Å². The van der Waals surface area contributed by atoms with Gasteiger partial charge in [0.25, 0.3) is 5.72 Å². The first-order valence-corrected chi connectivity index (χ1v) is 8.48. The number of hydrazone groups is 1. The van der Waals surface area contributed by atoms with Crippen LogP contribution < -0.4 is 5.01 Å². The van der Waals surface area contributed by atoms with Crippen molar-refractivity contribution >= 4 is 22.2 Å². The molecule has 0 aliphatic carbocycles. The van der Waals surface area contributed by atoms with Crippen molar-refractivity contribution in [2.24, 2.45) is 5.10 Å². The summed E-state index contributed by atoms with van der Waals surface area (Å²) in [5.41, 5.74) is -1.90. The smallest absolute Gasteiger partial charge is 0.438 e. The van der Waals surface area contributed by atoms with E-state index in [2.05, 4.69) is 10.1 Å². The standard InChI is InChI=1S/C17H12F3N3O2S/c18-17(19,20)16(24)9-12(14-7-4-8-25-14)22-23(16)15-21-13(10-26-15)11-5-2-1-3-6-11/h1-8,10,24H,9H2/t16-/m1/s1. The average Bonchev–Trinajstić information content (AvgIpc) is 3.34. The molecule has 1 aliphatic heterocycles. The summed E-state index contributed by atoms with van der Waals surface area (Å²) in [6, 6.07) is 12.1. The molecule has 0 bridgehead atoms. The zero-order valence-electron chi connectivity index (χ0n) is 13.1. The van der Waals surface area contributed by atoms with E-state index in [-0.39, 0.29) is 16.6 Å². The molecule has 0 amide bonds. The van der Waals surface area contributed by atoms with E-state index in [0.29, 0.717) is 10.7 Å². The van der Waals surface area contributed by atoms with E-state index in [1.165, 1.54) is 12.3 Å². The van der Waals surface area contributed by atoms with Gasteiger partial charge in [-0.1, -0.05) is 30.3 Å². The van der Waals surface area contributed by atoms with Gasteiger partial charge in [-0.3, -0.25) is 0 Å². The molecule has 0 saturated heterocycles. The summed E-state index contributed by atoms with van der Waals surface area (Å²) in [5, 5.41) is 16.5. The van der Waals surface area contributed by atoms with Gasteiger partial charge in [0.2, 0.25) is 5.13 Å². The molecule has 1 aliphatic rings. The SMILES string of the molecule is O[C@@]1(C(F)(F)F)CC(c2ccco2)=NN1c1nc(-c2ccccc2)cs1. The molecule has 0 unspecified atom stereocenters. The Hall–Kier alpha value is -2.65. The summed E-state index contributed by atoms with van der Waals surface area (Å²) in [4.78, 5) is 4.23. The van der Waals surface area contributed by atoms with Crippen LogP contribution in [0.15, 0.2) is 63.6 Å². The summed E-state index contributed by atoms with van der Waals surface area (Å²) in [6.45, 7) is 0. The number of hydrogen-bond acceptors (Lipinski definition) is 6. The van der Waals surface area contributed by atoms with Gasteiger partial charge in [-0.25, -0.2) is 4.98 Å². The molecule has 26 heavy (non-hydrogen) atoms. The second-order valence-corrected chi connectivity index (χ2v) is 6.54. The summed E-state index contributed by atoms with van der Waals surface area (Å²) >= 11 is 0.976. The van der Waals surface area contributed by atoms with Crippen LogP contribution in [0, 0.1) is 0 Å². The highest BCUT2D eigenvalue weighted by Crippen LogP contribution is 2.45. The molecule has 0 fully saturated rings. The Morgan fingerprint density at radius 3 is 2.58 bits per heavy atom. The van der Waals surface area contributed by atoms with Crippen molar-refractivity contribution < 1.29 is 22.7 Å². The van der Waals surface area contributed by atoms with Crippen LogP contribution in [-0.4, -0.2) is 27.7 Å². The number of halogens is 3. The normalized spacial score (nSPS) is 20.5. The maximum atomic E-state index is 13.6. The Bertz CT molecular complexity index is 938. The van der Waals surface area contributed by atoms with E-state index in [0.717, 1.165) is 16.9 Å². The lowest BCUT2D eigenvalue weighted by Crippen LogP contribution is -2.55. The number of aliphatic hydroxyl groups is 1. The number of anilines is 1. The number of rotatable bonds is 3. The first-order valence-electron chi connectivity index (χ1n) is 7.60. The van der Waals surface area contributed by atoms with Crippen molar-refractivity contribution in [2.45, 2.75) is 18.3 Å². The highest BCUT2D eigenvalue weighted by Gasteiger charge is 2.63. The maximum absolute atomic E-state index is 13.6. The highest BCUT2D eigenvalue weighted by atomic mass is 32.1. The molecule has 3 heterocycles. The van der Waals surface area contributed by atoms with Gasteiger partial charge in [-0.15, -0.1) is 11.3 Å². The number of aromatic nitrogens is 1. The molecule has 3 aromatic rings. The molecule has 134 valence electrons. The number of nitrogens with zero attached hydrogens (tertiary/aromatic N) is 3. The fourth-order valence-corrected chi connectivity index (χ4v) is 3.50. The van der Waals surface area contributed by atoms with E-state index in [1.54, 1.807) is 23.6 Å². The van der Waals surface area contributed by atoms with Crippen LogP contribution >= 0.6 is 11.3 Å². The van der Waals surface area contributed by atoms with Crippen LogP contribution in [0.2, 0.25) is 0 Å². The second-order valence-electron chi connectivity index (χ2n) is 5.71. The predicted molar refractivity (Wildman–Crippen MR) is 90.9 cm³/mol. The van der Waals surface area contributed by atoms with Gasteiger partial charge >= 0.3 is 6.18 Å². The van der Waals surface area contributed by atoms with E-state index < -0.39 is 18.3 Å². The Morgan fingerprint density at radius 2 is 1.92 bits per heavy atom. The molecule has 0 saturated carbocycles. The van der Waals surface area contributed by atoms with Crippen LogP contribution in [0.1, 0.15) is 12.2 Å². The fraction of sp³-hybridized carbons (Fsp3) is 0.176. The van der Waals surface area contributed by atoms with Gasteiger partial charge in [0, 0.05) is 10.9 Å². The lowest BCUT2D eigenvalue weighted by atomic mass is 10.1. The third-order valence-corrected chi connectivity index (χ3v) is 4.80. The third-order valence-electron chi connectivity index (χ3n) is 3.99. The van der Waals surface area contributed by atoms with Crippen LogP contribution in [0.5, 0.6) is 0 Å². The largest absolute Gasteiger partial charge is 0.463 e. The number of hydrogen-bond donors (Lipinski definition) is 1. The van der Waals surface area contributed by atoms with E-state index in [4.69, 9.17) is 4.42 Å². The van der Waals surface area contributed by atoms with Crippen molar-refractivity contribution in [3.05, 3.63) is 59.9 Å². The van der Waals surface area contributed by atoms with Crippen LogP contribution in [-0.2, 0) is 0 Å². The maximum Gasteiger partial charge on any atom is 0.438 e. The summed E-state index contributed by atoms with van der Waals surface area (Å²) < 4.78 is 45.9. The van der Waals surface area contributed by atoms with Crippen molar-refractivity contribution in [1.82, 2.24) is 4.98 Å². The van der Waals surface area contributed by atoms with E-state index in [9.17, 15) is 18.3 Å². The number of alkyl halides is 3. The Kier molecular flexibility index (Phi) is 3.85. The highest BCUT2D eigenvalue weighted by molar-refractivity contribution is 7.14. The topological polar surface area (TPSA) is 61.9 Å². The Morgan fingerprint density at radius 1 is 1.15 bits per heavy atom. The lowest BCUT2D eigenvalue weighted by Gasteiger charge is -2.32. The van der Waals surface area contributed by atoms with E-state index in [1.807, 2.05) is 18.2 Å². The van der Waals surface area contributed by atoms with Crippen molar-refractivity contribution in [3.63, 3.8) is 0 Å². The van der Waals surface area contributed by atoms with Crippen LogP contribution in [0.25, 0.3) is 11.3 Å². The molecule has 4 rings (SSSR count). The molecule has 0 radical (unpaired) electrons. The molecule has 5 nitrogen and oxygen atoms in total. The van der Waals surface area contributed by atoms with Crippen LogP contribution in [0.3, 0.4) is 0 Å². The predicted octanol–water partition coefficient (Wildman–Crippen LogP) is 4.27. The molecule has 2 aromatic heterocycles. The van der Waals surface area contributed by atoms with Gasteiger partial charge in [0.1, 0.15) is 11.5 Å². The fourth-order valence-electron chi connectivity index (χ4n) is 2.65. The second kappa shape index (κ2) is 5.96. The Balaban J connectivity index is 1.76.